The van der Waals surface area contributed by atoms with Gasteiger partial charge in [0.1, 0.15) is 0 Å². The Labute approximate surface area is 125 Å². The molecule has 0 radical (unpaired) electrons. The third-order valence-electron chi connectivity index (χ3n) is 4.92. The molecule has 0 bridgehead atoms. The van der Waals surface area contributed by atoms with Crippen molar-refractivity contribution in [1.29, 1.82) is 0 Å². The van der Waals surface area contributed by atoms with Crippen molar-refractivity contribution in [3.05, 3.63) is 35.4 Å². The number of hydrogen-bond donors (Lipinski definition) is 1. The summed E-state index contributed by atoms with van der Waals surface area (Å²) in [5.74, 6) is 0.890. The summed E-state index contributed by atoms with van der Waals surface area (Å²) < 4.78 is 0. The van der Waals surface area contributed by atoms with Crippen molar-refractivity contribution in [2.75, 3.05) is 0 Å². The fourth-order valence-corrected chi connectivity index (χ4v) is 3.44. The zero-order chi connectivity index (χ0) is 14.4. The lowest BCUT2D eigenvalue weighted by Gasteiger charge is -2.25. The van der Waals surface area contributed by atoms with E-state index in [0.29, 0.717) is 12.1 Å². The second-order valence-corrected chi connectivity index (χ2v) is 6.57. The molecule has 20 heavy (non-hydrogen) atoms. The van der Waals surface area contributed by atoms with Crippen LogP contribution in [0.1, 0.15) is 76.5 Å². The Morgan fingerprint density at radius 1 is 1.10 bits per heavy atom. The number of aryl methyl sites for hydroxylation is 1. The molecule has 0 amide bonds. The van der Waals surface area contributed by atoms with Gasteiger partial charge < -0.3 is 5.32 Å². The molecule has 1 nitrogen and oxygen atoms in total. The van der Waals surface area contributed by atoms with E-state index in [2.05, 4.69) is 50.4 Å². The van der Waals surface area contributed by atoms with Crippen LogP contribution in [0.3, 0.4) is 0 Å². The fraction of sp³-hybridized carbons (Fsp3) is 0.684. The molecule has 1 saturated carbocycles. The first kappa shape index (κ1) is 15.6. The summed E-state index contributed by atoms with van der Waals surface area (Å²) in [6.45, 7) is 6.92. The molecule has 1 heteroatoms. The Bertz CT molecular complexity index is 375. The van der Waals surface area contributed by atoms with Crippen LogP contribution in [0.15, 0.2) is 24.3 Å². The standard InChI is InChI=1S/C19H31N/c1-4-5-8-17-11-13-19(14-12-17)16(3)20-15(2)18-9-6-7-10-18/h11-16,18,20H,4-10H2,1-3H3/t15-,16?/m1/s1. The molecule has 1 aliphatic carbocycles. The summed E-state index contributed by atoms with van der Waals surface area (Å²) in [4.78, 5) is 0. The van der Waals surface area contributed by atoms with Crippen molar-refractivity contribution in [2.45, 2.75) is 77.8 Å². The predicted molar refractivity (Wildman–Crippen MR) is 88.0 cm³/mol. The van der Waals surface area contributed by atoms with Crippen LogP contribution in [-0.2, 0) is 6.42 Å². The molecule has 0 saturated heterocycles. The number of rotatable bonds is 7. The largest absolute Gasteiger partial charge is 0.307 e. The minimum Gasteiger partial charge on any atom is -0.307 e. The van der Waals surface area contributed by atoms with Crippen LogP contribution in [0, 0.1) is 5.92 Å². The highest BCUT2D eigenvalue weighted by atomic mass is 14.9. The number of hydrogen-bond acceptors (Lipinski definition) is 1. The predicted octanol–water partition coefficient (Wildman–Crippen LogP) is 5.26. The van der Waals surface area contributed by atoms with Gasteiger partial charge in [0.05, 0.1) is 0 Å². The van der Waals surface area contributed by atoms with E-state index in [1.807, 2.05) is 0 Å². The van der Waals surface area contributed by atoms with Gasteiger partial charge in [0.25, 0.3) is 0 Å². The molecule has 1 unspecified atom stereocenters. The van der Waals surface area contributed by atoms with E-state index in [4.69, 9.17) is 0 Å². The van der Waals surface area contributed by atoms with E-state index in [1.54, 1.807) is 0 Å². The van der Waals surface area contributed by atoms with Gasteiger partial charge in [-0.3, -0.25) is 0 Å². The number of unbranched alkanes of at least 4 members (excludes halogenated alkanes) is 1. The molecule has 0 heterocycles. The Kier molecular flexibility index (Phi) is 6.09. The zero-order valence-electron chi connectivity index (χ0n) is 13.5. The third kappa shape index (κ3) is 4.34. The average Bonchev–Trinajstić information content (AvgIpc) is 3.00. The summed E-state index contributed by atoms with van der Waals surface area (Å²) >= 11 is 0. The molecule has 2 rings (SSSR count). The summed E-state index contributed by atoms with van der Waals surface area (Å²) in [5, 5.41) is 3.80. The van der Waals surface area contributed by atoms with E-state index in [0.717, 1.165) is 5.92 Å². The second kappa shape index (κ2) is 7.83. The van der Waals surface area contributed by atoms with Crippen LogP contribution in [-0.4, -0.2) is 6.04 Å². The molecular weight excluding hydrogens is 242 g/mol. The van der Waals surface area contributed by atoms with Gasteiger partial charge in [-0.2, -0.15) is 0 Å². The van der Waals surface area contributed by atoms with Crippen molar-refractivity contribution >= 4 is 0 Å². The van der Waals surface area contributed by atoms with Crippen LogP contribution in [0.5, 0.6) is 0 Å². The molecule has 1 aromatic rings. The van der Waals surface area contributed by atoms with Gasteiger partial charge in [-0.15, -0.1) is 0 Å². The molecule has 0 aliphatic heterocycles. The van der Waals surface area contributed by atoms with E-state index in [9.17, 15) is 0 Å². The fourth-order valence-electron chi connectivity index (χ4n) is 3.44. The molecule has 2 atom stereocenters. The van der Waals surface area contributed by atoms with Gasteiger partial charge in [-0.25, -0.2) is 0 Å². The third-order valence-corrected chi connectivity index (χ3v) is 4.92. The maximum atomic E-state index is 3.80. The minimum atomic E-state index is 0.464. The molecular formula is C19H31N. The Morgan fingerprint density at radius 2 is 1.75 bits per heavy atom. The highest BCUT2D eigenvalue weighted by Gasteiger charge is 2.22. The van der Waals surface area contributed by atoms with E-state index < -0.39 is 0 Å². The van der Waals surface area contributed by atoms with Crippen LogP contribution in [0.25, 0.3) is 0 Å². The first-order chi connectivity index (χ1) is 9.70. The summed E-state index contributed by atoms with van der Waals surface area (Å²) in [5.41, 5.74) is 2.90. The quantitative estimate of drug-likeness (QED) is 0.714. The topological polar surface area (TPSA) is 12.0 Å². The van der Waals surface area contributed by atoms with Crippen molar-refractivity contribution in [2.24, 2.45) is 5.92 Å². The maximum absolute atomic E-state index is 3.80. The smallest absolute Gasteiger partial charge is 0.0294 e. The molecule has 0 aromatic heterocycles. The van der Waals surface area contributed by atoms with E-state index in [1.165, 1.54) is 56.1 Å². The molecule has 1 aromatic carbocycles. The summed E-state index contributed by atoms with van der Waals surface area (Å²) in [7, 11) is 0. The van der Waals surface area contributed by atoms with Gasteiger partial charge in [0.15, 0.2) is 0 Å². The zero-order valence-corrected chi connectivity index (χ0v) is 13.5. The normalized spacial score (nSPS) is 19.1. The van der Waals surface area contributed by atoms with E-state index >= 15 is 0 Å². The Morgan fingerprint density at radius 3 is 2.35 bits per heavy atom. The Hall–Kier alpha value is -0.820. The van der Waals surface area contributed by atoms with Crippen molar-refractivity contribution in [3.63, 3.8) is 0 Å². The molecule has 112 valence electrons. The summed E-state index contributed by atoms with van der Waals surface area (Å²) in [6.07, 6.45) is 9.48. The number of benzene rings is 1. The van der Waals surface area contributed by atoms with Crippen LogP contribution >= 0.6 is 0 Å². The van der Waals surface area contributed by atoms with Crippen molar-refractivity contribution < 1.29 is 0 Å². The highest BCUT2D eigenvalue weighted by molar-refractivity contribution is 5.25. The first-order valence-electron chi connectivity index (χ1n) is 8.55. The lowest BCUT2D eigenvalue weighted by atomic mass is 9.97. The first-order valence-corrected chi connectivity index (χ1v) is 8.55. The van der Waals surface area contributed by atoms with Crippen LogP contribution in [0.2, 0.25) is 0 Å². The van der Waals surface area contributed by atoms with Crippen molar-refractivity contribution in [1.82, 2.24) is 5.32 Å². The number of nitrogens with one attached hydrogen (secondary N) is 1. The molecule has 1 fully saturated rings. The highest BCUT2D eigenvalue weighted by Crippen LogP contribution is 2.28. The van der Waals surface area contributed by atoms with E-state index in [-0.39, 0.29) is 0 Å². The monoisotopic (exact) mass is 273 g/mol. The molecule has 0 spiro atoms. The van der Waals surface area contributed by atoms with Crippen LogP contribution < -0.4 is 5.32 Å². The molecule has 1 N–H and O–H groups in total. The van der Waals surface area contributed by atoms with Gasteiger partial charge in [0.2, 0.25) is 0 Å². The minimum absolute atomic E-state index is 0.464. The maximum Gasteiger partial charge on any atom is 0.0294 e. The average molecular weight is 273 g/mol. The van der Waals surface area contributed by atoms with Crippen molar-refractivity contribution in [3.8, 4) is 0 Å². The summed E-state index contributed by atoms with van der Waals surface area (Å²) in [6, 6.07) is 10.3. The lowest BCUT2D eigenvalue weighted by Crippen LogP contribution is -2.34. The SMILES string of the molecule is CCCCc1ccc(C(C)N[C@H](C)C2CCCC2)cc1. The second-order valence-electron chi connectivity index (χ2n) is 6.57. The Balaban J connectivity index is 1.86. The van der Waals surface area contributed by atoms with Gasteiger partial charge in [-0.1, -0.05) is 50.5 Å². The molecule has 1 aliphatic rings. The van der Waals surface area contributed by atoms with Crippen LogP contribution in [0.4, 0.5) is 0 Å². The lowest BCUT2D eigenvalue weighted by molar-refractivity contribution is 0.352. The van der Waals surface area contributed by atoms with Gasteiger partial charge in [0, 0.05) is 12.1 Å². The van der Waals surface area contributed by atoms with Gasteiger partial charge >= 0.3 is 0 Å². The van der Waals surface area contributed by atoms with Gasteiger partial charge in [-0.05, 0) is 56.6 Å².